The van der Waals surface area contributed by atoms with Crippen molar-refractivity contribution in [2.75, 3.05) is 26.3 Å². The molecule has 0 spiro atoms. The first kappa shape index (κ1) is 11.7. The lowest BCUT2D eigenvalue weighted by Crippen LogP contribution is -2.37. The average molecular weight is 221 g/mol. The van der Waals surface area contributed by atoms with Gasteiger partial charge >= 0.3 is 0 Å². The van der Waals surface area contributed by atoms with Crippen LogP contribution in [0.1, 0.15) is 33.6 Å². The highest BCUT2D eigenvalue weighted by Gasteiger charge is 2.21. The van der Waals surface area contributed by atoms with E-state index < -0.39 is 0 Å². The van der Waals surface area contributed by atoms with Gasteiger partial charge in [-0.2, -0.15) is 0 Å². The molecule has 0 amide bonds. The van der Waals surface area contributed by atoms with Crippen LogP contribution in [0, 0.1) is 5.92 Å². The Balaban J connectivity index is 2.20. The molecule has 2 heteroatoms. The summed E-state index contributed by atoms with van der Waals surface area (Å²) in [5.74, 6) is 0.691. The van der Waals surface area contributed by atoms with Crippen molar-refractivity contribution in [3.05, 3.63) is 22.9 Å². The van der Waals surface area contributed by atoms with Crippen molar-refractivity contribution in [1.82, 2.24) is 4.90 Å². The predicted octanol–water partition coefficient (Wildman–Crippen LogP) is 2.97. The van der Waals surface area contributed by atoms with E-state index in [1.165, 1.54) is 24.1 Å². The van der Waals surface area contributed by atoms with Crippen LogP contribution >= 0.6 is 0 Å². The maximum absolute atomic E-state index is 5.42. The van der Waals surface area contributed by atoms with E-state index in [1.54, 1.807) is 5.57 Å². The van der Waals surface area contributed by atoms with Crippen molar-refractivity contribution in [3.63, 3.8) is 0 Å². The van der Waals surface area contributed by atoms with E-state index >= 15 is 0 Å². The van der Waals surface area contributed by atoms with Gasteiger partial charge in [-0.3, -0.25) is 0 Å². The number of ether oxygens (including phenoxy) is 1. The molecule has 0 saturated carbocycles. The SMILES string of the molecule is CCC1=C(C)C(N2CCOCC2)=CC(C)C1. The van der Waals surface area contributed by atoms with Gasteiger partial charge in [-0.05, 0) is 31.3 Å². The summed E-state index contributed by atoms with van der Waals surface area (Å²) in [5, 5.41) is 0. The van der Waals surface area contributed by atoms with E-state index in [9.17, 15) is 0 Å². The van der Waals surface area contributed by atoms with Gasteiger partial charge < -0.3 is 9.64 Å². The van der Waals surface area contributed by atoms with Gasteiger partial charge in [0.1, 0.15) is 0 Å². The van der Waals surface area contributed by atoms with Crippen LogP contribution in [0.15, 0.2) is 22.9 Å². The van der Waals surface area contributed by atoms with E-state index in [2.05, 4.69) is 31.7 Å². The molecule has 2 rings (SSSR count). The lowest BCUT2D eigenvalue weighted by Gasteiger charge is -2.35. The number of rotatable bonds is 2. The highest BCUT2D eigenvalue weighted by molar-refractivity contribution is 5.37. The molecule has 2 nitrogen and oxygen atoms in total. The van der Waals surface area contributed by atoms with Crippen LogP contribution < -0.4 is 0 Å². The highest BCUT2D eigenvalue weighted by atomic mass is 16.5. The molecular formula is C14H23NO. The van der Waals surface area contributed by atoms with Crippen LogP contribution in [0.4, 0.5) is 0 Å². The van der Waals surface area contributed by atoms with Crippen LogP contribution in [-0.2, 0) is 4.74 Å². The van der Waals surface area contributed by atoms with E-state index in [0.717, 1.165) is 26.3 Å². The van der Waals surface area contributed by atoms with Crippen molar-refractivity contribution < 1.29 is 4.74 Å². The molecule has 0 aromatic heterocycles. The highest BCUT2D eigenvalue weighted by Crippen LogP contribution is 2.32. The molecule has 90 valence electrons. The quantitative estimate of drug-likeness (QED) is 0.711. The van der Waals surface area contributed by atoms with Crippen LogP contribution in [0.2, 0.25) is 0 Å². The average Bonchev–Trinajstić information content (AvgIpc) is 2.33. The van der Waals surface area contributed by atoms with Crippen LogP contribution in [0.5, 0.6) is 0 Å². The van der Waals surface area contributed by atoms with Gasteiger partial charge in [-0.15, -0.1) is 0 Å². The van der Waals surface area contributed by atoms with Gasteiger partial charge in [0.15, 0.2) is 0 Å². The Morgan fingerprint density at radius 2 is 2.06 bits per heavy atom. The molecule has 0 bridgehead atoms. The molecule has 16 heavy (non-hydrogen) atoms. The second-order valence-corrected chi connectivity index (χ2v) is 4.91. The third kappa shape index (κ3) is 2.32. The molecule has 1 aliphatic heterocycles. The van der Waals surface area contributed by atoms with Crippen molar-refractivity contribution in [3.8, 4) is 0 Å². The maximum atomic E-state index is 5.42. The van der Waals surface area contributed by atoms with Crippen molar-refractivity contribution in [2.45, 2.75) is 33.6 Å². The first-order valence-electron chi connectivity index (χ1n) is 6.46. The molecular weight excluding hydrogens is 198 g/mol. The Kier molecular flexibility index (Phi) is 3.70. The van der Waals surface area contributed by atoms with Crippen LogP contribution in [0.25, 0.3) is 0 Å². The second-order valence-electron chi connectivity index (χ2n) is 4.91. The van der Waals surface area contributed by atoms with Crippen molar-refractivity contribution in [2.24, 2.45) is 5.92 Å². The van der Waals surface area contributed by atoms with E-state index in [0.29, 0.717) is 5.92 Å². The summed E-state index contributed by atoms with van der Waals surface area (Å²) >= 11 is 0. The third-order valence-electron chi connectivity index (χ3n) is 3.70. The Labute approximate surface area is 99.0 Å². The van der Waals surface area contributed by atoms with Crippen LogP contribution in [-0.4, -0.2) is 31.2 Å². The Bertz CT molecular complexity index is 311. The largest absolute Gasteiger partial charge is 0.378 e. The Hall–Kier alpha value is -0.760. The zero-order valence-electron chi connectivity index (χ0n) is 10.8. The summed E-state index contributed by atoms with van der Waals surface area (Å²) in [4.78, 5) is 2.49. The summed E-state index contributed by atoms with van der Waals surface area (Å²) in [7, 11) is 0. The Morgan fingerprint density at radius 1 is 1.38 bits per heavy atom. The maximum Gasteiger partial charge on any atom is 0.0642 e. The standard InChI is InChI=1S/C14H23NO/c1-4-13-9-11(2)10-14(12(13)3)15-5-7-16-8-6-15/h10-11H,4-9H2,1-3H3. The number of allylic oxidation sites excluding steroid dienone is 3. The zero-order valence-corrected chi connectivity index (χ0v) is 10.8. The van der Waals surface area contributed by atoms with Gasteiger partial charge in [0, 0.05) is 18.8 Å². The number of nitrogens with zero attached hydrogens (tertiary/aromatic N) is 1. The molecule has 0 radical (unpaired) electrons. The number of hydrogen-bond donors (Lipinski definition) is 0. The first-order chi connectivity index (χ1) is 7.72. The summed E-state index contributed by atoms with van der Waals surface area (Å²) < 4.78 is 5.42. The minimum atomic E-state index is 0.691. The first-order valence-corrected chi connectivity index (χ1v) is 6.46. The summed E-state index contributed by atoms with van der Waals surface area (Å²) in [6.45, 7) is 10.7. The molecule has 1 fully saturated rings. The molecule has 1 heterocycles. The summed E-state index contributed by atoms with van der Waals surface area (Å²) in [6.07, 6.45) is 4.88. The zero-order chi connectivity index (χ0) is 11.5. The fourth-order valence-electron chi connectivity index (χ4n) is 2.73. The molecule has 1 atom stereocenters. The fourth-order valence-corrected chi connectivity index (χ4v) is 2.73. The number of hydrogen-bond acceptors (Lipinski definition) is 2. The van der Waals surface area contributed by atoms with Crippen molar-refractivity contribution >= 4 is 0 Å². The molecule has 1 aliphatic carbocycles. The predicted molar refractivity (Wildman–Crippen MR) is 67.2 cm³/mol. The smallest absolute Gasteiger partial charge is 0.0642 e. The molecule has 0 N–H and O–H groups in total. The van der Waals surface area contributed by atoms with Crippen molar-refractivity contribution in [1.29, 1.82) is 0 Å². The summed E-state index contributed by atoms with van der Waals surface area (Å²) in [5.41, 5.74) is 4.62. The molecule has 1 saturated heterocycles. The lowest BCUT2D eigenvalue weighted by atomic mass is 9.87. The topological polar surface area (TPSA) is 12.5 Å². The van der Waals surface area contributed by atoms with Gasteiger partial charge in [-0.1, -0.05) is 25.5 Å². The minimum absolute atomic E-state index is 0.691. The van der Waals surface area contributed by atoms with E-state index in [-0.39, 0.29) is 0 Å². The van der Waals surface area contributed by atoms with E-state index in [4.69, 9.17) is 4.74 Å². The second kappa shape index (κ2) is 5.05. The van der Waals surface area contributed by atoms with Gasteiger partial charge in [-0.25, -0.2) is 0 Å². The minimum Gasteiger partial charge on any atom is -0.378 e. The lowest BCUT2D eigenvalue weighted by molar-refractivity contribution is 0.0541. The Morgan fingerprint density at radius 3 is 2.69 bits per heavy atom. The van der Waals surface area contributed by atoms with Gasteiger partial charge in [0.2, 0.25) is 0 Å². The van der Waals surface area contributed by atoms with E-state index in [1.807, 2.05) is 0 Å². The molecule has 2 aliphatic rings. The summed E-state index contributed by atoms with van der Waals surface area (Å²) in [6, 6.07) is 0. The monoisotopic (exact) mass is 221 g/mol. The molecule has 0 aromatic rings. The molecule has 1 unspecified atom stereocenters. The number of morpholine rings is 1. The van der Waals surface area contributed by atoms with Gasteiger partial charge in [0.25, 0.3) is 0 Å². The third-order valence-corrected chi connectivity index (χ3v) is 3.70. The van der Waals surface area contributed by atoms with Gasteiger partial charge in [0.05, 0.1) is 13.2 Å². The normalized spacial score (nSPS) is 27.1. The molecule has 0 aromatic carbocycles. The fraction of sp³-hybridized carbons (Fsp3) is 0.714. The van der Waals surface area contributed by atoms with Crippen LogP contribution in [0.3, 0.4) is 0 Å².